The highest BCUT2D eigenvalue weighted by molar-refractivity contribution is 9.10. The molecule has 1 aliphatic rings. The maximum absolute atomic E-state index is 11.9. The minimum absolute atomic E-state index is 0.0354. The van der Waals surface area contributed by atoms with Crippen LogP contribution in [0, 0.1) is 5.92 Å². The fraction of sp³-hybridized carbons (Fsp3) is 0.455. The number of piperidine rings is 1. The third-order valence-electron chi connectivity index (χ3n) is 2.73. The smallest absolute Gasteiger partial charge is 0.228 e. The van der Waals surface area contributed by atoms with Crippen molar-refractivity contribution in [2.24, 2.45) is 5.92 Å². The fourth-order valence-corrected chi connectivity index (χ4v) is 2.26. The molecule has 1 amide bonds. The van der Waals surface area contributed by atoms with E-state index in [1.54, 1.807) is 12.3 Å². The Balaban J connectivity index is 1.99. The number of hydrogen-bond acceptors (Lipinski definition) is 3. The van der Waals surface area contributed by atoms with Gasteiger partial charge in [-0.3, -0.25) is 4.79 Å². The second-order valence-electron chi connectivity index (χ2n) is 4.03. The van der Waals surface area contributed by atoms with Crippen LogP contribution >= 0.6 is 27.5 Å². The summed E-state index contributed by atoms with van der Waals surface area (Å²) in [6, 6.07) is 1.75. The zero-order chi connectivity index (χ0) is 12.3. The number of rotatable bonds is 2. The quantitative estimate of drug-likeness (QED) is 0.824. The van der Waals surface area contributed by atoms with Crippen molar-refractivity contribution in [3.8, 4) is 0 Å². The van der Waals surface area contributed by atoms with E-state index in [4.69, 9.17) is 11.6 Å². The zero-order valence-electron chi connectivity index (χ0n) is 9.17. The van der Waals surface area contributed by atoms with Gasteiger partial charge < -0.3 is 10.6 Å². The summed E-state index contributed by atoms with van der Waals surface area (Å²) in [4.78, 5) is 15.9. The van der Waals surface area contributed by atoms with Crippen molar-refractivity contribution in [2.45, 2.75) is 12.8 Å². The normalized spacial score (nSPS) is 20.0. The number of nitrogens with zero attached hydrogens (tertiary/aromatic N) is 1. The highest BCUT2D eigenvalue weighted by Crippen LogP contribution is 2.23. The molecule has 0 aromatic carbocycles. The Labute approximate surface area is 113 Å². The third-order valence-corrected chi connectivity index (χ3v) is 3.87. The predicted molar refractivity (Wildman–Crippen MR) is 71.2 cm³/mol. The summed E-state index contributed by atoms with van der Waals surface area (Å²) in [7, 11) is 0. The van der Waals surface area contributed by atoms with Crippen molar-refractivity contribution in [3.63, 3.8) is 0 Å². The van der Waals surface area contributed by atoms with E-state index in [0.29, 0.717) is 15.3 Å². The van der Waals surface area contributed by atoms with Crippen LogP contribution in [0.25, 0.3) is 0 Å². The molecule has 1 aromatic rings. The molecule has 1 unspecified atom stereocenters. The summed E-state index contributed by atoms with van der Waals surface area (Å²) in [5, 5.41) is 6.46. The second-order valence-corrected chi connectivity index (χ2v) is 5.24. The average Bonchev–Trinajstić information content (AvgIpc) is 2.35. The summed E-state index contributed by atoms with van der Waals surface area (Å²) in [5.74, 6) is 0.0754. The van der Waals surface area contributed by atoms with Crippen molar-refractivity contribution in [2.75, 3.05) is 18.4 Å². The maximum atomic E-state index is 11.9. The minimum atomic E-state index is 0.0354. The number of pyridine rings is 1. The van der Waals surface area contributed by atoms with Gasteiger partial charge in [-0.25, -0.2) is 4.98 Å². The summed E-state index contributed by atoms with van der Waals surface area (Å²) < 4.78 is 0.679. The summed E-state index contributed by atoms with van der Waals surface area (Å²) in [6.45, 7) is 1.74. The van der Waals surface area contributed by atoms with Gasteiger partial charge in [0, 0.05) is 6.54 Å². The van der Waals surface area contributed by atoms with Gasteiger partial charge in [-0.05, 0) is 41.4 Å². The van der Waals surface area contributed by atoms with Crippen molar-refractivity contribution in [1.29, 1.82) is 0 Å². The number of hydrogen-bond donors (Lipinski definition) is 2. The van der Waals surface area contributed by atoms with Gasteiger partial charge in [-0.1, -0.05) is 11.6 Å². The molecule has 0 saturated carbocycles. The minimum Gasteiger partial charge on any atom is -0.324 e. The van der Waals surface area contributed by atoms with E-state index >= 15 is 0 Å². The molecular formula is C11H13BrClN3O. The monoisotopic (exact) mass is 317 g/mol. The lowest BCUT2D eigenvalue weighted by atomic mass is 9.99. The van der Waals surface area contributed by atoms with Crippen LogP contribution in [0.4, 0.5) is 5.69 Å². The molecule has 1 saturated heterocycles. The molecule has 0 spiro atoms. The zero-order valence-corrected chi connectivity index (χ0v) is 11.5. The van der Waals surface area contributed by atoms with Gasteiger partial charge >= 0.3 is 0 Å². The number of carbonyl (C=O) groups excluding carboxylic acids is 1. The lowest BCUT2D eigenvalue weighted by Crippen LogP contribution is -2.37. The van der Waals surface area contributed by atoms with Crippen LogP contribution in [-0.2, 0) is 4.79 Å². The number of aromatic nitrogens is 1. The summed E-state index contributed by atoms with van der Waals surface area (Å²) >= 11 is 9.06. The molecule has 0 aliphatic carbocycles. The largest absolute Gasteiger partial charge is 0.324 e. The topological polar surface area (TPSA) is 54.0 Å². The Morgan fingerprint density at radius 2 is 2.47 bits per heavy atom. The van der Waals surface area contributed by atoms with Gasteiger partial charge in [0.2, 0.25) is 5.91 Å². The number of carbonyl (C=O) groups is 1. The number of halogens is 2. The maximum Gasteiger partial charge on any atom is 0.228 e. The van der Waals surface area contributed by atoms with Crippen molar-refractivity contribution >= 4 is 39.1 Å². The van der Waals surface area contributed by atoms with E-state index in [1.165, 1.54) is 0 Å². The van der Waals surface area contributed by atoms with Crippen LogP contribution in [0.15, 0.2) is 16.7 Å². The Morgan fingerprint density at radius 3 is 3.12 bits per heavy atom. The fourth-order valence-electron chi connectivity index (χ4n) is 1.81. The molecule has 1 aromatic heterocycles. The summed E-state index contributed by atoms with van der Waals surface area (Å²) in [6.07, 6.45) is 3.53. The van der Waals surface area contributed by atoms with Crippen LogP contribution in [0.2, 0.25) is 5.15 Å². The Kier molecular flexibility index (Phi) is 4.36. The molecule has 1 aliphatic heterocycles. The molecule has 17 heavy (non-hydrogen) atoms. The van der Waals surface area contributed by atoms with Gasteiger partial charge in [0.25, 0.3) is 0 Å². The Bertz CT molecular complexity index is 421. The third kappa shape index (κ3) is 3.40. The molecule has 1 atom stereocenters. The van der Waals surface area contributed by atoms with E-state index in [2.05, 4.69) is 31.5 Å². The molecule has 2 rings (SSSR count). The van der Waals surface area contributed by atoms with Gasteiger partial charge in [0.15, 0.2) is 0 Å². The van der Waals surface area contributed by atoms with Gasteiger partial charge in [-0.2, -0.15) is 0 Å². The van der Waals surface area contributed by atoms with E-state index < -0.39 is 0 Å². The molecule has 0 radical (unpaired) electrons. The van der Waals surface area contributed by atoms with E-state index in [1.807, 2.05) is 0 Å². The highest BCUT2D eigenvalue weighted by atomic mass is 79.9. The second kappa shape index (κ2) is 5.80. The SMILES string of the molecule is O=C(Nc1cnc(Cl)c(Br)c1)C1CCCNC1. The molecule has 1 fully saturated rings. The number of amides is 1. The molecule has 92 valence electrons. The first-order valence-corrected chi connectivity index (χ1v) is 6.66. The van der Waals surface area contributed by atoms with Crippen molar-refractivity contribution in [1.82, 2.24) is 10.3 Å². The molecular weight excluding hydrogens is 305 g/mol. The van der Waals surface area contributed by atoms with Crippen LogP contribution in [0.3, 0.4) is 0 Å². The lowest BCUT2D eigenvalue weighted by molar-refractivity contribution is -0.120. The first-order valence-electron chi connectivity index (χ1n) is 5.49. The first-order chi connectivity index (χ1) is 8.16. The summed E-state index contributed by atoms with van der Waals surface area (Å²) in [5.41, 5.74) is 0.664. The van der Waals surface area contributed by atoms with E-state index in [0.717, 1.165) is 25.9 Å². The predicted octanol–water partition coefficient (Wildman–Crippen LogP) is 2.44. The molecule has 4 nitrogen and oxygen atoms in total. The Hall–Kier alpha value is -0.650. The molecule has 2 N–H and O–H groups in total. The van der Waals surface area contributed by atoms with Crippen LogP contribution < -0.4 is 10.6 Å². The lowest BCUT2D eigenvalue weighted by Gasteiger charge is -2.21. The Morgan fingerprint density at radius 1 is 1.65 bits per heavy atom. The molecule has 2 heterocycles. The van der Waals surface area contributed by atoms with Gasteiger partial charge in [-0.15, -0.1) is 0 Å². The van der Waals surface area contributed by atoms with Gasteiger partial charge in [0.05, 0.1) is 22.3 Å². The van der Waals surface area contributed by atoms with Crippen LogP contribution in [-0.4, -0.2) is 24.0 Å². The first kappa shape index (κ1) is 12.8. The number of anilines is 1. The van der Waals surface area contributed by atoms with Gasteiger partial charge in [0.1, 0.15) is 5.15 Å². The van der Waals surface area contributed by atoms with Crippen LogP contribution in [0.1, 0.15) is 12.8 Å². The highest BCUT2D eigenvalue weighted by Gasteiger charge is 2.20. The van der Waals surface area contributed by atoms with Crippen LogP contribution in [0.5, 0.6) is 0 Å². The average molecular weight is 319 g/mol. The molecule has 6 heteroatoms. The standard InChI is InChI=1S/C11H13BrClN3O/c12-9-4-8(6-15-10(9)13)16-11(17)7-2-1-3-14-5-7/h4,6-7,14H,1-3,5H2,(H,16,17). The van der Waals surface area contributed by atoms with E-state index in [-0.39, 0.29) is 11.8 Å². The molecule has 0 bridgehead atoms. The van der Waals surface area contributed by atoms with Crippen molar-refractivity contribution < 1.29 is 4.79 Å². The number of nitrogens with one attached hydrogen (secondary N) is 2. The van der Waals surface area contributed by atoms with Crippen molar-refractivity contribution in [3.05, 3.63) is 21.9 Å². The van der Waals surface area contributed by atoms with E-state index in [9.17, 15) is 4.79 Å².